The van der Waals surface area contributed by atoms with Gasteiger partial charge in [0, 0.05) is 10.6 Å². The first-order valence-electron chi connectivity index (χ1n) is 5.05. The molecule has 1 aromatic heterocycles. The maximum absolute atomic E-state index is 10.4. The number of hydrogen-bond acceptors (Lipinski definition) is 5. The molecule has 1 atom stereocenters. The predicted octanol–water partition coefficient (Wildman–Crippen LogP) is 3.15. The summed E-state index contributed by atoms with van der Waals surface area (Å²) in [5.74, 6) is 0.449. The van der Waals surface area contributed by atoms with Gasteiger partial charge in [-0.15, -0.1) is 0 Å². The Labute approximate surface area is 107 Å². The first-order valence-corrected chi connectivity index (χ1v) is 5.43. The molecule has 0 bridgehead atoms. The molecule has 1 heterocycles. The topological polar surface area (TPSA) is 85.5 Å². The van der Waals surface area contributed by atoms with Gasteiger partial charge in [0.2, 0.25) is 5.82 Å². The molecule has 2 rings (SSSR count). The van der Waals surface area contributed by atoms with E-state index in [4.69, 9.17) is 21.2 Å². The number of nitrogens with zero attached hydrogens (tertiary/aromatic N) is 2. The van der Waals surface area contributed by atoms with E-state index >= 15 is 0 Å². The lowest BCUT2D eigenvalue weighted by molar-refractivity contribution is 0.0451. The van der Waals surface area contributed by atoms with E-state index in [1.165, 1.54) is 6.92 Å². The molecular formula is C11H9ClN2O4. The standard InChI is InChI=1S/C11H9ClN2O4/c1-6(17-11(15)16)10-13-9(14-18-10)7-2-4-8(12)5-3-7/h2-6H,1H3,(H,15,16). The minimum Gasteiger partial charge on any atom is -0.450 e. The fraction of sp³-hybridized carbons (Fsp3) is 0.182. The normalized spacial score (nSPS) is 12.1. The van der Waals surface area contributed by atoms with Crippen LogP contribution >= 0.6 is 11.6 Å². The number of ether oxygens (including phenoxy) is 1. The molecule has 0 amide bonds. The van der Waals surface area contributed by atoms with E-state index in [9.17, 15) is 4.79 Å². The van der Waals surface area contributed by atoms with Crippen LogP contribution in [0.2, 0.25) is 5.02 Å². The fourth-order valence-electron chi connectivity index (χ4n) is 1.32. The van der Waals surface area contributed by atoms with Gasteiger partial charge in [0.25, 0.3) is 5.89 Å². The molecule has 1 N–H and O–H groups in total. The van der Waals surface area contributed by atoms with Gasteiger partial charge in [0.05, 0.1) is 0 Å². The van der Waals surface area contributed by atoms with Gasteiger partial charge in [0.1, 0.15) is 0 Å². The van der Waals surface area contributed by atoms with Crippen molar-refractivity contribution in [3.63, 3.8) is 0 Å². The molecule has 2 aromatic rings. The molecule has 0 fully saturated rings. The average molecular weight is 269 g/mol. The zero-order chi connectivity index (χ0) is 13.1. The minimum absolute atomic E-state index is 0.0994. The van der Waals surface area contributed by atoms with Crippen molar-refractivity contribution < 1.29 is 19.2 Å². The van der Waals surface area contributed by atoms with Gasteiger partial charge >= 0.3 is 6.16 Å². The summed E-state index contributed by atoms with van der Waals surface area (Å²) < 4.78 is 9.43. The average Bonchev–Trinajstić information content (AvgIpc) is 2.78. The summed E-state index contributed by atoms with van der Waals surface area (Å²) in [4.78, 5) is 14.4. The van der Waals surface area contributed by atoms with E-state index in [-0.39, 0.29) is 5.89 Å². The van der Waals surface area contributed by atoms with Crippen LogP contribution in [0.25, 0.3) is 11.4 Å². The van der Waals surface area contributed by atoms with Crippen LogP contribution in [0.4, 0.5) is 4.79 Å². The zero-order valence-corrected chi connectivity index (χ0v) is 10.1. The largest absolute Gasteiger partial charge is 0.506 e. The molecule has 0 aliphatic carbocycles. The van der Waals surface area contributed by atoms with Crippen molar-refractivity contribution in [3.05, 3.63) is 35.2 Å². The summed E-state index contributed by atoms with van der Waals surface area (Å²) in [5.41, 5.74) is 0.719. The molecule has 18 heavy (non-hydrogen) atoms. The summed E-state index contributed by atoms with van der Waals surface area (Å²) in [5, 5.41) is 12.8. The number of benzene rings is 1. The van der Waals surface area contributed by atoms with E-state index in [1.807, 2.05) is 0 Å². The van der Waals surface area contributed by atoms with Gasteiger partial charge < -0.3 is 14.4 Å². The first-order chi connectivity index (χ1) is 8.56. The van der Waals surface area contributed by atoms with Crippen LogP contribution < -0.4 is 0 Å². The minimum atomic E-state index is -1.39. The SMILES string of the molecule is CC(OC(=O)O)c1nc(-c2ccc(Cl)cc2)no1. The van der Waals surface area contributed by atoms with Crippen LogP contribution in [-0.2, 0) is 4.74 Å². The van der Waals surface area contributed by atoms with Gasteiger partial charge in [-0.05, 0) is 31.2 Å². The molecule has 0 spiro atoms. The van der Waals surface area contributed by atoms with Gasteiger partial charge in [-0.25, -0.2) is 4.79 Å². The molecule has 0 saturated carbocycles. The van der Waals surface area contributed by atoms with Crippen molar-refractivity contribution in [1.82, 2.24) is 10.1 Å². The highest BCUT2D eigenvalue weighted by Crippen LogP contribution is 2.21. The highest BCUT2D eigenvalue weighted by atomic mass is 35.5. The Balaban J connectivity index is 2.19. The van der Waals surface area contributed by atoms with Crippen molar-refractivity contribution >= 4 is 17.8 Å². The predicted molar refractivity (Wildman–Crippen MR) is 62.3 cm³/mol. The number of carbonyl (C=O) groups is 1. The third kappa shape index (κ3) is 2.78. The van der Waals surface area contributed by atoms with Gasteiger partial charge in [-0.1, -0.05) is 16.8 Å². The third-order valence-electron chi connectivity index (χ3n) is 2.17. The Kier molecular flexibility index (Phi) is 3.47. The second-order valence-corrected chi connectivity index (χ2v) is 3.93. The monoisotopic (exact) mass is 268 g/mol. The summed E-state index contributed by atoms with van der Waals surface area (Å²) in [6.45, 7) is 1.51. The maximum Gasteiger partial charge on any atom is 0.506 e. The van der Waals surface area contributed by atoms with Gasteiger partial charge in [0.15, 0.2) is 6.10 Å². The van der Waals surface area contributed by atoms with Crippen molar-refractivity contribution in [2.45, 2.75) is 13.0 Å². The first kappa shape index (κ1) is 12.4. The Morgan fingerprint density at radius 3 is 2.72 bits per heavy atom. The summed E-state index contributed by atoms with van der Waals surface area (Å²) in [6, 6.07) is 6.87. The lowest BCUT2D eigenvalue weighted by Crippen LogP contribution is -2.05. The van der Waals surface area contributed by atoms with Crippen LogP contribution in [0, 0.1) is 0 Å². The Morgan fingerprint density at radius 1 is 1.44 bits per heavy atom. The van der Waals surface area contributed by atoms with Crippen molar-refractivity contribution in [2.75, 3.05) is 0 Å². The van der Waals surface area contributed by atoms with Crippen LogP contribution in [-0.4, -0.2) is 21.4 Å². The second-order valence-electron chi connectivity index (χ2n) is 3.49. The zero-order valence-electron chi connectivity index (χ0n) is 9.33. The highest BCUT2D eigenvalue weighted by molar-refractivity contribution is 6.30. The molecule has 0 aliphatic rings. The van der Waals surface area contributed by atoms with E-state index in [0.29, 0.717) is 10.8 Å². The third-order valence-corrected chi connectivity index (χ3v) is 2.42. The molecule has 94 valence electrons. The maximum atomic E-state index is 10.4. The molecule has 6 nitrogen and oxygen atoms in total. The second kappa shape index (κ2) is 5.05. The molecule has 1 aromatic carbocycles. The number of halogens is 1. The summed E-state index contributed by atoms with van der Waals surface area (Å²) in [6.07, 6.45) is -2.20. The molecular weight excluding hydrogens is 260 g/mol. The Morgan fingerprint density at radius 2 is 2.11 bits per heavy atom. The van der Waals surface area contributed by atoms with Crippen LogP contribution in [0.15, 0.2) is 28.8 Å². The van der Waals surface area contributed by atoms with Crippen LogP contribution in [0.1, 0.15) is 18.9 Å². The summed E-state index contributed by atoms with van der Waals surface area (Å²) >= 11 is 5.76. The van der Waals surface area contributed by atoms with Crippen LogP contribution in [0.5, 0.6) is 0 Å². The lowest BCUT2D eigenvalue weighted by Gasteiger charge is -2.03. The van der Waals surface area contributed by atoms with E-state index in [2.05, 4.69) is 14.9 Å². The number of hydrogen-bond donors (Lipinski definition) is 1. The van der Waals surface area contributed by atoms with E-state index < -0.39 is 12.3 Å². The van der Waals surface area contributed by atoms with Crippen molar-refractivity contribution in [2.24, 2.45) is 0 Å². The van der Waals surface area contributed by atoms with Gasteiger partial charge in [-0.3, -0.25) is 0 Å². The molecule has 0 radical (unpaired) electrons. The number of aromatic nitrogens is 2. The Bertz CT molecular complexity index is 552. The van der Waals surface area contributed by atoms with E-state index in [0.717, 1.165) is 5.56 Å². The molecule has 0 aliphatic heterocycles. The quantitative estimate of drug-likeness (QED) is 0.861. The van der Waals surface area contributed by atoms with E-state index in [1.54, 1.807) is 24.3 Å². The van der Waals surface area contributed by atoms with Crippen molar-refractivity contribution in [3.8, 4) is 11.4 Å². The number of carboxylic acid groups (broad SMARTS) is 1. The lowest BCUT2D eigenvalue weighted by atomic mass is 10.2. The number of rotatable bonds is 3. The molecule has 0 saturated heterocycles. The van der Waals surface area contributed by atoms with Crippen LogP contribution in [0.3, 0.4) is 0 Å². The molecule has 7 heteroatoms. The van der Waals surface area contributed by atoms with Gasteiger partial charge in [-0.2, -0.15) is 4.98 Å². The van der Waals surface area contributed by atoms with Crippen molar-refractivity contribution in [1.29, 1.82) is 0 Å². The smallest absolute Gasteiger partial charge is 0.450 e. The summed E-state index contributed by atoms with van der Waals surface area (Å²) in [7, 11) is 0. The highest BCUT2D eigenvalue weighted by Gasteiger charge is 2.18. The fourth-order valence-corrected chi connectivity index (χ4v) is 1.44. The molecule has 1 unspecified atom stereocenters. The Hall–Kier alpha value is -2.08.